The number of ether oxygens (including phenoxy) is 1. The van der Waals surface area contributed by atoms with Gasteiger partial charge in [0.05, 0.1) is 13.2 Å². The number of hydrogen-bond donors (Lipinski definition) is 0. The summed E-state index contributed by atoms with van der Waals surface area (Å²) >= 11 is 0. The van der Waals surface area contributed by atoms with Crippen LogP contribution in [0.5, 0.6) is 0 Å². The van der Waals surface area contributed by atoms with Gasteiger partial charge in [0.15, 0.2) is 0 Å². The lowest BCUT2D eigenvalue weighted by Crippen LogP contribution is -2.34. The molecular formula is C17H27NO2. The van der Waals surface area contributed by atoms with Crippen molar-refractivity contribution in [2.24, 2.45) is 5.92 Å². The van der Waals surface area contributed by atoms with Crippen molar-refractivity contribution in [1.82, 2.24) is 4.90 Å². The first-order chi connectivity index (χ1) is 9.65. The van der Waals surface area contributed by atoms with Gasteiger partial charge >= 0.3 is 5.97 Å². The lowest BCUT2D eigenvalue weighted by molar-refractivity contribution is -0.144. The fourth-order valence-electron chi connectivity index (χ4n) is 2.44. The average molecular weight is 277 g/mol. The number of esters is 1. The Labute approximate surface area is 122 Å². The maximum absolute atomic E-state index is 11.7. The highest BCUT2D eigenvalue weighted by Crippen LogP contribution is 2.11. The van der Waals surface area contributed by atoms with Crippen molar-refractivity contribution in [2.45, 2.75) is 40.2 Å². The van der Waals surface area contributed by atoms with Gasteiger partial charge in [0.2, 0.25) is 0 Å². The van der Waals surface area contributed by atoms with E-state index in [9.17, 15) is 4.79 Å². The van der Waals surface area contributed by atoms with Crippen molar-refractivity contribution in [3.8, 4) is 0 Å². The SMILES string of the molecule is CCCC(C)CN(CC(=O)OCC)Cc1ccccc1. The van der Waals surface area contributed by atoms with E-state index in [0.29, 0.717) is 19.1 Å². The first-order valence-corrected chi connectivity index (χ1v) is 7.57. The minimum atomic E-state index is -0.132. The molecule has 0 spiro atoms. The Hall–Kier alpha value is -1.35. The number of nitrogens with zero attached hydrogens (tertiary/aromatic N) is 1. The third kappa shape index (κ3) is 6.71. The molecule has 3 heteroatoms. The average Bonchev–Trinajstić information content (AvgIpc) is 2.40. The molecule has 1 aromatic rings. The van der Waals surface area contributed by atoms with Crippen molar-refractivity contribution in [3.05, 3.63) is 35.9 Å². The standard InChI is InChI=1S/C17H27NO2/c1-4-9-15(3)12-18(14-17(19)20-5-2)13-16-10-7-6-8-11-16/h6-8,10-11,15H,4-5,9,12-14H2,1-3H3. The topological polar surface area (TPSA) is 29.5 Å². The van der Waals surface area contributed by atoms with Crippen LogP contribution in [0.1, 0.15) is 39.2 Å². The van der Waals surface area contributed by atoms with E-state index < -0.39 is 0 Å². The summed E-state index contributed by atoms with van der Waals surface area (Å²) in [6.45, 7) is 8.84. The van der Waals surface area contributed by atoms with Gasteiger partial charge in [-0.2, -0.15) is 0 Å². The molecule has 0 radical (unpaired) electrons. The van der Waals surface area contributed by atoms with E-state index >= 15 is 0 Å². The van der Waals surface area contributed by atoms with Crippen LogP contribution in [-0.2, 0) is 16.1 Å². The van der Waals surface area contributed by atoms with Crippen LogP contribution in [0.4, 0.5) is 0 Å². The van der Waals surface area contributed by atoms with Crippen LogP contribution in [0, 0.1) is 5.92 Å². The normalized spacial score (nSPS) is 12.4. The van der Waals surface area contributed by atoms with Crippen molar-refractivity contribution in [3.63, 3.8) is 0 Å². The summed E-state index contributed by atoms with van der Waals surface area (Å²) in [5, 5.41) is 0. The molecule has 0 aliphatic heterocycles. The van der Waals surface area contributed by atoms with E-state index in [4.69, 9.17) is 4.74 Å². The smallest absolute Gasteiger partial charge is 0.320 e. The Balaban J connectivity index is 2.60. The molecule has 0 aliphatic rings. The molecule has 0 saturated carbocycles. The number of carbonyl (C=O) groups is 1. The van der Waals surface area contributed by atoms with E-state index in [1.54, 1.807) is 0 Å². The summed E-state index contributed by atoms with van der Waals surface area (Å²) < 4.78 is 5.07. The van der Waals surface area contributed by atoms with Crippen LogP contribution in [0.15, 0.2) is 30.3 Å². The minimum Gasteiger partial charge on any atom is -0.465 e. The predicted octanol–water partition coefficient (Wildman–Crippen LogP) is 3.49. The summed E-state index contributed by atoms with van der Waals surface area (Å²) in [6.07, 6.45) is 2.37. The van der Waals surface area contributed by atoms with Gasteiger partial charge in [0.25, 0.3) is 0 Å². The van der Waals surface area contributed by atoms with Crippen LogP contribution < -0.4 is 0 Å². The second-order valence-electron chi connectivity index (χ2n) is 5.35. The summed E-state index contributed by atoms with van der Waals surface area (Å²) in [6, 6.07) is 10.3. The van der Waals surface area contributed by atoms with Crippen LogP contribution in [0.2, 0.25) is 0 Å². The zero-order valence-corrected chi connectivity index (χ0v) is 13.0. The molecule has 0 N–H and O–H groups in total. The monoisotopic (exact) mass is 277 g/mol. The highest BCUT2D eigenvalue weighted by molar-refractivity contribution is 5.71. The summed E-state index contributed by atoms with van der Waals surface area (Å²) in [7, 11) is 0. The van der Waals surface area contributed by atoms with Gasteiger partial charge in [-0.3, -0.25) is 9.69 Å². The van der Waals surface area contributed by atoms with E-state index in [2.05, 4.69) is 30.9 Å². The largest absolute Gasteiger partial charge is 0.465 e. The molecular weight excluding hydrogens is 250 g/mol. The molecule has 0 saturated heterocycles. The van der Waals surface area contributed by atoms with Gasteiger partial charge < -0.3 is 4.74 Å². The summed E-state index contributed by atoms with van der Waals surface area (Å²) in [5.74, 6) is 0.463. The Bertz CT molecular complexity index is 378. The molecule has 0 bridgehead atoms. The Kier molecular flexibility index (Phi) is 7.97. The molecule has 0 aromatic heterocycles. The van der Waals surface area contributed by atoms with E-state index in [1.165, 1.54) is 18.4 Å². The fourth-order valence-corrected chi connectivity index (χ4v) is 2.44. The molecule has 112 valence electrons. The molecule has 1 aromatic carbocycles. The lowest BCUT2D eigenvalue weighted by Gasteiger charge is -2.24. The summed E-state index contributed by atoms with van der Waals surface area (Å²) in [4.78, 5) is 13.9. The number of rotatable bonds is 9. The minimum absolute atomic E-state index is 0.132. The maximum atomic E-state index is 11.7. The second kappa shape index (κ2) is 9.54. The molecule has 1 unspecified atom stereocenters. The number of carbonyl (C=O) groups excluding carboxylic acids is 1. The molecule has 0 fully saturated rings. The van der Waals surface area contributed by atoms with Gasteiger partial charge in [0, 0.05) is 13.1 Å². The van der Waals surface area contributed by atoms with Crippen molar-refractivity contribution in [2.75, 3.05) is 19.7 Å². The molecule has 1 atom stereocenters. The molecule has 0 amide bonds. The molecule has 0 heterocycles. The highest BCUT2D eigenvalue weighted by atomic mass is 16.5. The lowest BCUT2D eigenvalue weighted by atomic mass is 10.1. The van der Waals surface area contributed by atoms with Crippen molar-refractivity contribution in [1.29, 1.82) is 0 Å². The predicted molar refractivity (Wildman–Crippen MR) is 82.4 cm³/mol. The molecule has 1 rings (SSSR count). The zero-order valence-electron chi connectivity index (χ0n) is 13.0. The van der Waals surface area contributed by atoms with Crippen molar-refractivity contribution >= 4 is 5.97 Å². The molecule has 20 heavy (non-hydrogen) atoms. The first-order valence-electron chi connectivity index (χ1n) is 7.57. The third-order valence-corrected chi connectivity index (χ3v) is 3.26. The van der Waals surface area contributed by atoms with Gasteiger partial charge in [-0.25, -0.2) is 0 Å². The molecule has 0 aliphatic carbocycles. The van der Waals surface area contributed by atoms with Gasteiger partial charge in [0.1, 0.15) is 0 Å². The van der Waals surface area contributed by atoms with Gasteiger partial charge in [-0.05, 0) is 24.8 Å². The fraction of sp³-hybridized carbons (Fsp3) is 0.588. The quantitative estimate of drug-likeness (QED) is 0.647. The van der Waals surface area contributed by atoms with Gasteiger partial charge in [-0.15, -0.1) is 0 Å². The Morgan fingerprint density at radius 2 is 1.95 bits per heavy atom. The van der Waals surface area contributed by atoms with E-state index in [1.807, 2.05) is 25.1 Å². The van der Waals surface area contributed by atoms with Crippen molar-refractivity contribution < 1.29 is 9.53 Å². The van der Waals surface area contributed by atoms with Crippen LogP contribution in [-0.4, -0.2) is 30.6 Å². The Morgan fingerprint density at radius 3 is 2.55 bits per heavy atom. The summed E-state index contributed by atoms with van der Waals surface area (Å²) in [5.41, 5.74) is 1.24. The Morgan fingerprint density at radius 1 is 1.25 bits per heavy atom. The van der Waals surface area contributed by atoms with E-state index in [-0.39, 0.29) is 5.97 Å². The van der Waals surface area contributed by atoms with Crippen LogP contribution in [0.3, 0.4) is 0 Å². The number of benzene rings is 1. The van der Waals surface area contributed by atoms with Crippen LogP contribution in [0.25, 0.3) is 0 Å². The van der Waals surface area contributed by atoms with E-state index in [0.717, 1.165) is 13.1 Å². The maximum Gasteiger partial charge on any atom is 0.320 e. The van der Waals surface area contributed by atoms with Gasteiger partial charge in [-0.1, -0.05) is 50.6 Å². The molecule has 3 nitrogen and oxygen atoms in total. The second-order valence-corrected chi connectivity index (χ2v) is 5.35. The number of hydrogen-bond acceptors (Lipinski definition) is 3. The first kappa shape index (κ1) is 16.7. The highest BCUT2D eigenvalue weighted by Gasteiger charge is 2.15. The van der Waals surface area contributed by atoms with Crippen LogP contribution >= 0.6 is 0 Å². The zero-order chi connectivity index (χ0) is 14.8. The third-order valence-electron chi connectivity index (χ3n) is 3.26.